The predicted molar refractivity (Wildman–Crippen MR) is 120 cm³/mol. The van der Waals surface area contributed by atoms with Crippen molar-refractivity contribution in [1.82, 2.24) is 0 Å². The second-order valence-corrected chi connectivity index (χ2v) is 6.80. The molecule has 0 bridgehead atoms. The molecule has 0 aromatic heterocycles. The van der Waals surface area contributed by atoms with Gasteiger partial charge in [-0.3, -0.25) is 0 Å². The third-order valence-electron chi connectivity index (χ3n) is 4.84. The van der Waals surface area contributed by atoms with E-state index in [2.05, 4.69) is 43.0 Å². The van der Waals surface area contributed by atoms with Gasteiger partial charge in [-0.2, -0.15) is 0 Å². The van der Waals surface area contributed by atoms with Gasteiger partial charge in [0.1, 0.15) is 11.7 Å². The highest BCUT2D eigenvalue weighted by atomic mass is 16.6. The minimum Gasteiger partial charge on any atom is -0.453 e. The van der Waals surface area contributed by atoms with Crippen molar-refractivity contribution < 1.29 is 14.3 Å². The number of benzene rings is 3. The van der Waals surface area contributed by atoms with E-state index in [0.717, 1.165) is 16.7 Å². The van der Waals surface area contributed by atoms with Gasteiger partial charge in [-0.15, -0.1) is 0 Å². The van der Waals surface area contributed by atoms with Crippen molar-refractivity contribution in [2.45, 2.75) is 18.6 Å². The molecule has 3 heteroatoms. The quantitative estimate of drug-likeness (QED) is 0.202. The summed E-state index contributed by atoms with van der Waals surface area (Å²) < 4.78 is 12.1. The van der Waals surface area contributed by atoms with Crippen molar-refractivity contribution >= 4 is 5.97 Å². The van der Waals surface area contributed by atoms with Crippen molar-refractivity contribution in [2.24, 2.45) is 0 Å². The van der Waals surface area contributed by atoms with Gasteiger partial charge in [0.05, 0.1) is 6.61 Å². The molecule has 152 valence electrons. The van der Waals surface area contributed by atoms with Crippen LogP contribution in [0.15, 0.2) is 116 Å². The summed E-state index contributed by atoms with van der Waals surface area (Å²) in [4.78, 5) is 11.9. The van der Waals surface area contributed by atoms with Gasteiger partial charge < -0.3 is 9.47 Å². The van der Waals surface area contributed by atoms with Crippen LogP contribution in [0.2, 0.25) is 0 Å². The van der Waals surface area contributed by atoms with Crippen LogP contribution in [0.3, 0.4) is 0 Å². The third kappa shape index (κ3) is 4.76. The number of rotatable bonds is 9. The van der Waals surface area contributed by atoms with Crippen LogP contribution in [0.25, 0.3) is 0 Å². The lowest BCUT2D eigenvalue weighted by Crippen LogP contribution is -2.36. The lowest BCUT2D eigenvalue weighted by Gasteiger charge is -2.36. The molecule has 0 aliphatic carbocycles. The number of hydrogen-bond acceptors (Lipinski definition) is 3. The largest absolute Gasteiger partial charge is 0.453 e. The number of carbonyl (C=O) groups is 1. The molecule has 0 saturated heterocycles. The zero-order chi connectivity index (χ0) is 21.2. The normalized spacial score (nSPS) is 12.4. The Morgan fingerprint density at radius 2 is 1.30 bits per heavy atom. The summed E-state index contributed by atoms with van der Waals surface area (Å²) >= 11 is 0. The first-order chi connectivity index (χ1) is 14.7. The third-order valence-corrected chi connectivity index (χ3v) is 4.84. The van der Waals surface area contributed by atoms with E-state index in [0.29, 0.717) is 0 Å². The minimum absolute atomic E-state index is 0.158. The standard InChI is InChI=1S/C27H26O3/c1-3-14-26(28)30-25(4-2)21-29-27(22-15-8-5-9-16-22,23-17-10-6-11-18-23)24-19-12-7-13-20-24/h3-20,25H,2,21H2,1H3/b14-3+/t25-/m1/s1. The Morgan fingerprint density at radius 3 is 1.67 bits per heavy atom. The molecule has 0 aliphatic rings. The molecule has 0 fully saturated rings. The number of esters is 1. The fourth-order valence-corrected chi connectivity index (χ4v) is 3.45. The van der Waals surface area contributed by atoms with Crippen molar-refractivity contribution in [2.75, 3.05) is 6.61 Å². The van der Waals surface area contributed by atoms with Crippen molar-refractivity contribution in [3.05, 3.63) is 132 Å². The Hall–Kier alpha value is -3.43. The van der Waals surface area contributed by atoms with Crippen LogP contribution in [0, 0.1) is 0 Å². The summed E-state index contributed by atoms with van der Waals surface area (Å²) in [6.45, 7) is 5.74. The molecule has 3 aromatic rings. The number of carbonyl (C=O) groups excluding carboxylic acids is 1. The Labute approximate surface area is 178 Å². The van der Waals surface area contributed by atoms with Gasteiger partial charge in [-0.25, -0.2) is 4.79 Å². The van der Waals surface area contributed by atoms with E-state index in [1.54, 1.807) is 19.1 Å². The van der Waals surface area contributed by atoms with E-state index in [4.69, 9.17) is 9.47 Å². The molecule has 0 unspecified atom stereocenters. The first kappa shape index (κ1) is 21.3. The summed E-state index contributed by atoms with van der Waals surface area (Å²) in [5.74, 6) is -0.421. The predicted octanol–water partition coefficient (Wildman–Crippen LogP) is 5.67. The van der Waals surface area contributed by atoms with Crippen LogP contribution in [0.1, 0.15) is 23.6 Å². The Morgan fingerprint density at radius 1 is 0.867 bits per heavy atom. The van der Waals surface area contributed by atoms with Crippen LogP contribution < -0.4 is 0 Å². The van der Waals surface area contributed by atoms with Crippen molar-refractivity contribution in [3.63, 3.8) is 0 Å². The van der Waals surface area contributed by atoms with E-state index in [9.17, 15) is 4.79 Å². The maximum atomic E-state index is 11.9. The molecular weight excluding hydrogens is 372 g/mol. The molecule has 3 aromatic carbocycles. The summed E-state index contributed by atoms with van der Waals surface area (Å²) in [6.07, 6.45) is 4.04. The summed E-state index contributed by atoms with van der Waals surface area (Å²) in [7, 11) is 0. The zero-order valence-electron chi connectivity index (χ0n) is 17.1. The number of allylic oxidation sites excluding steroid dienone is 1. The zero-order valence-corrected chi connectivity index (χ0v) is 17.1. The molecule has 30 heavy (non-hydrogen) atoms. The maximum Gasteiger partial charge on any atom is 0.331 e. The Kier molecular flexibility index (Phi) is 7.36. The molecule has 0 radical (unpaired) electrons. The number of ether oxygens (including phenoxy) is 2. The van der Waals surface area contributed by atoms with E-state index in [-0.39, 0.29) is 6.61 Å². The highest BCUT2D eigenvalue weighted by Gasteiger charge is 2.38. The monoisotopic (exact) mass is 398 g/mol. The summed E-state index contributed by atoms with van der Waals surface area (Å²) in [5, 5.41) is 0. The summed E-state index contributed by atoms with van der Waals surface area (Å²) in [6, 6.07) is 30.2. The molecule has 0 heterocycles. The highest BCUT2D eigenvalue weighted by Crippen LogP contribution is 2.40. The molecule has 0 saturated carbocycles. The van der Waals surface area contributed by atoms with E-state index < -0.39 is 17.7 Å². The van der Waals surface area contributed by atoms with E-state index >= 15 is 0 Å². The lowest BCUT2D eigenvalue weighted by molar-refractivity contribution is -0.145. The lowest BCUT2D eigenvalue weighted by atomic mass is 9.80. The van der Waals surface area contributed by atoms with Gasteiger partial charge in [0.25, 0.3) is 0 Å². The van der Waals surface area contributed by atoms with E-state index in [1.807, 2.05) is 54.6 Å². The average Bonchev–Trinajstić information content (AvgIpc) is 2.81. The first-order valence-corrected chi connectivity index (χ1v) is 9.97. The van der Waals surface area contributed by atoms with Crippen LogP contribution in [-0.4, -0.2) is 18.7 Å². The average molecular weight is 399 g/mol. The molecule has 0 N–H and O–H groups in total. The second kappa shape index (κ2) is 10.4. The SMILES string of the molecule is C=C[C@H](COC(c1ccccc1)(c1ccccc1)c1ccccc1)OC(=O)/C=C/C. The molecular formula is C27H26O3. The second-order valence-electron chi connectivity index (χ2n) is 6.80. The van der Waals surface area contributed by atoms with Gasteiger partial charge in [-0.1, -0.05) is 104 Å². The van der Waals surface area contributed by atoms with Gasteiger partial charge in [0, 0.05) is 6.08 Å². The summed E-state index contributed by atoms with van der Waals surface area (Å²) in [5.41, 5.74) is 2.11. The van der Waals surface area contributed by atoms with Crippen LogP contribution in [-0.2, 0) is 19.9 Å². The van der Waals surface area contributed by atoms with Gasteiger partial charge in [0.15, 0.2) is 0 Å². The first-order valence-electron chi connectivity index (χ1n) is 9.97. The van der Waals surface area contributed by atoms with Crippen molar-refractivity contribution in [3.8, 4) is 0 Å². The smallest absolute Gasteiger partial charge is 0.331 e. The van der Waals surface area contributed by atoms with Crippen LogP contribution >= 0.6 is 0 Å². The van der Waals surface area contributed by atoms with Crippen LogP contribution in [0.4, 0.5) is 0 Å². The molecule has 0 amide bonds. The maximum absolute atomic E-state index is 11.9. The van der Waals surface area contributed by atoms with Crippen molar-refractivity contribution in [1.29, 1.82) is 0 Å². The van der Waals surface area contributed by atoms with Crippen LogP contribution in [0.5, 0.6) is 0 Å². The Balaban J connectivity index is 2.07. The Bertz CT molecular complexity index is 866. The molecule has 0 aliphatic heterocycles. The fourth-order valence-electron chi connectivity index (χ4n) is 3.45. The fraction of sp³-hybridized carbons (Fsp3) is 0.148. The van der Waals surface area contributed by atoms with Gasteiger partial charge in [-0.05, 0) is 29.7 Å². The van der Waals surface area contributed by atoms with Gasteiger partial charge in [0.2, 0.25) is 0 Å². The highest BCUT2D eigenvalue weighted by molar-refractivity contribution is 5.82. The topological polar surface area (TPSA) is 35.5 Å². The minimum atomic E-state index is -0.863. The molecule has 3 rings (SSSR count). The van der Waals surface area contributed by atoms with Gasteiger partial charge >= 0.3 is 5.97 Å². The molecule has 3 nitrogen and oxygen atoms in total. The molecule has 1 atom stereocenters. The number of hydrogen-bond donors (Lipinski definition) is 0. The van der Waals surface area contributed by atoms with E-state index in [1.165, 1.54) is 6.08 Å². The molecule has 0 spiro atoms.